The van der Waals surface area contributed by atoms with Crippen LogP contribution in [-0.4, -0.2) is 12.9 Å². The molecule has 1 aromatic rings. The van der Waals surface area contributed by atoms with E-state index >= 15 is 0 Å². The van der Waals surface area contributed by atoms with Gasteiger partial charge in [-0.05, 0) is 48.1 Å². The molecule has 19 heavy (non-hydrogen) atoms. The Morgan fingerprint density at radius 2 is 2.16 bits per heavy atom. The van der Waals surface area contributed by atoms with Crippen molar-refractivity contribution in [1.29, 1.82) is 0 Å². The maximum Gasteiger partial charge on any atom is 0.167 e. The van der Waals surface area contributed by atoms with Crippen LogP contribution in [0.3, 0.4) is 0 Å². The zero-order valence-electron chi connectivity index (χ0n) is 11.2. The average Bonchev–Trinajstić information content (AvgIpc) is 2.98. The van der Waals surface area contributed by atoms with Gasteiger partial charge < -0.3 is 4.74 Å². The van der Waals surface area contributed by atoms with E-state index in [0.717, 1.165) is 17.7 Å². The second-order valence-electron chi connectivity index (χ2n) is 6.32. The Bertz CT molecular complexity index is 587. The predicted molar refractivity (Wildman–Crippen MR) is 73.4 cm³/mol. The van der Waals surface area contributed by atoms with Gasteiger partial charge >= 0.3 is 0 Å². The lowest BCUT2D eigenvalue weighted by molar-refractivity contribution is 0.0844. The number of Topliss-reactive ketones (excluding diaryl/α,β-unsaturated/α-hetero) is 1. The summed E-state index contributed by atoms with van der Waals surface area (Å²) in [6, 6.07) is 6.01. The summed E-state index contributed by atoms with van der Waals surface area (Å²) in [5.74, 6) is 2.35. The fraction of sp³-hybridized carbons (Fsp3) is 0.471. The van der Waals surface area contributed by atoms with Crippen LogP contribution in [0.25, 0.3) is 0 Å². The van der Waals surface area contributed by atoms with Gasteiger partial charge in [-0.2, -0.15) is 0 Å². The number of hydrogen-bond acceptors (Lipinski definition) is 2. The first-order valence-corrected chi connectivity index (χ1v) is 7.09. The van der Waals surface area contributed by atoms with Crippen molar-refractivity contribution in [3.8, 4) is 5.75 Å². The van der Waals surface area contributed by atoms with E-state index in [1.807, 2.05) is 12.1 Å². The van der Waals surface area contributed by atoms with E-state index in [-0.39, 0.29) is 11.2 Å². The third-order valence-electron chi connectivity index (χ3n) is 5.29. The summed E-state index contributed by atoms with van der Waals surface area (Å²) in [4.78, 5) is 12.6. The highest BCUT2D eigenvalue weighted by atomic mass is 16.5. The van der Waals surface area contributed by atoms with Crippen LogP contribution in [0.2, 0.25) is 0 Å². The monoisotopic (exact) mass is 254 g/mol. The van der Waals surface area contributed by atoms with Crippen molar-refractivity contribution in [2.24, 2.45) is 17.3 Å². The van der Waals surface area contributed by atoms with Gasteiger partial charge in [-0.3, -0.25) is 4.79 Å². The topological polar surface area (TPSA) is 26.3 Å². The minimum atomic E-state index is 0.204. The second kappa shape index (κ2) is 3.72. The molecule has 4 rings (SSSR count). The van der Waals surface area contributed by atoms with E-state index in [9.17, 15) is 4.79 Å². The van der Waals surface area contributed by atoms with Crippen molar-refractivity contribution in [2.45, 2.75) is 25.7 Å². The maximum atomic E-state index is 12.6. The lowest BCUT2D eigenvalue weighted by Gasteiger charge is -2.39. The van der Waals surface area contributed by atoms with Crippen molar-refractivity contribution < 1.29 is 9.53 Å². The van der Waals surface area contributed by atoms with Crippen LogP contribution in [0, 0.1) is 17.3 Å². The minimum absolute atomic E-state index is 0.204. The summed E-state index contributed by atoms with van der Waals surface area (Å²) in [7, 11) is 1.65. The number of rotatable bonds is 1. The van der Waals surface area contributed by atoms with Gasteiger partial charge in [0.25, 0.3) is 0 Å². The van der Waals surface area contributed by atoms with Crippen molar-refractivity contribution in [3.05, 3.63) is 41.5 Å². The van der Waals surface area contributed by atoms with Gasteiger partial charge in [-0.1, -0.05) is 24.3 Å². The quantitative estimate of drug-likeness (QED) is 0.718. The van der Waals surface area contributed by atoms with Crippen molar-refractivity contribution in [2.75, 3.05) is 7.11 Å². The van der Waals surface area contributed by atoms with Gasteiger partial charge in [-0.15, -0.1) is 0 Å². The minimum Gasteiger partial charge on any atom is -0.496 e. The zero-order valence-corrected chi connectivity index (χ0v) is 11.2. The van der Waals surface area contributed by atoms with Crippen LogP contribution in [0.15, 0.2) is 30.4 Å². The van der Waals surface area contributed by atoms with E-state index in [1.54, 1.807) is 7.11 Å². The number of ether oxygens (including phenoxy) is 1. The van der Waals surface area contributed by atoms with Gasteiger partial charge in [0.05, 0.1) is 12.7 Å². The molecule has 2 heteroatoms. The summed E-state index contributed by atoms with van der Waals surface area (Å²) in [5, 5.41) is 0. The highest BCUT2D eigenvalue weighted by molar-refractivity contribution is 6.01. The molecule has 0 amide bonds. The van der Waals surface area contributed by atoms with Crippen molar-refractivity contribution in [1.82, 2.24) is 0 Å². The molecule has 3 unspecified atom stereocenters. The van der Waals surface area contributed by atoms with E-state index in [4.69, 9.17) is 4.74 Å². The molecule has 1 saturated carbocycles. The summed E-state index contributed by atoms with van der Waals surface area (Å²) in [6.07, 6.45) is 8.89. The Morgan fingerprint density at radius 1 is 1.26 bits per heavy atom. The van der Waals surface area contributed by atoms with E-state index in [0.29, 0.717) is 18.3 Å². The lowest BCUT2D eigenvalue weighted by Crippen LogP contribution is -2.36. The number of allylic oxidation sites excluding steroid dienone is 2. The molecule has 0 heterocycles. The molecule has 3 atom stereocenters. The Labute approximate surface area is 113 Å². The van der Waals surface area contributed by atoms with Gasteiger partial charge in [0.15, 0.2) is 5.78 Å². The third-order valence-corrected chi connectivity index (χ3v) is 5.29. The van der Waals surface area contributed by atoms with Crippen LogP contribution >= 0.6 is 0 Å². The van der Waals surface area contributed by atoms with Gasteiger partial charge in [0.1, 0.15) is 5.75 Å². The first-order valence-electron chi connectivity index (χ1n) is 7.09. The average molecular weight is 254 g/mol. The van der Waals surface area contributed by atoms with Crippen LogP contribution in [0.4, 0.5) is 0 Å². The Balaban J connectivity index is 1.80. The second-order valence-corrected chi connectivity index (χ2v) is 6.32. The first kappa shape index (κ1) is 11.3. The fourth-order valence-corrected chi connectivity index (χ4v) is 4.52. The Morgan fingerprint density at radius 3 is 2.84 bits per heavy atom. The van der Waals surface area contributed by atoms with Crippen LogP contribution < -0.4 is 4.74 Å². The zero-order chi connectivity index (χ0) is 13.0. The molecule has 2 bridgehead atoms. The molecule has 0 saturated heterocycles. The molecule has 1 fully saturated rings. The van der Waals surface area contributed by atoms with E-state index in [1.165, 1.54) is 18.4 Å². The summed E-state index contributed by atoms with van der Waals surface area (Å²) in [5.41, 5.74) is 2.23. The highest BCUT2D eigenvalue weighted by Crippen LogP contribution is 2.58. The van der Waals surface area contributed by atoms with E-state index < -0.39 is 0 Å². The molecule has 2 nitrogen and oxygen atoms in total. The molecule has 98 valence electrons. The molecule has 0 aromatic heterocycles. The van der Waals surface area contributed by atoms with E-state index in [2.05, 4.69) is 18.2 Å². The van der Waals surface area contributed by atoms with Gasteiger partial charge in [0.2, 0.25) is 0 Å². The SMILES string of the molecule is COc1cccc2c1C(=O)CC1(C2)CC2C=CC1C2. The number of benzene rings is 1. The first-order chi connectivity index (χ1) is 9.22. The molecule has 0 aliphatic heterocycles. The Hall–Kier alpha value is -1.57. The van der Waals surface area contributed by atoms with Crippen molar-refractivity contribution in [3.63, 3.8) is 0 Å². The maximum absolute atomic E-state index is 12.6. The van der Waals surface area contributed by atoms with Gasteiger partial charge in [0, 0.05) is 6.42 Å². The third kappa shape index (κ3) is 1.46. The number of ketones is 1. The van der Waals surface area contributed by atoms with Crippen molar-refractivity contribution >= 4 is 5.78 Å². The van der Waals surface area contributed by atoms with Crippen LogP contribution in [0.1, 0.15) is 35.2 Å². The van der Waals surface area contributed by atoms with Crippen LogP contribution in [-0.2, 0) is 6.42 Å². The predicted octanol–water partition coefficient (Wildman–Crippen LogP) is 3.41. The molecule has 3 aliphatic carbocycles. The number of carbonyl (C=O) groups excluding carboxylic acids is 1. The molecule has 1 aromatic carbocycles. The van der Waals surface area contributed by atoms with Gasteiger partial charge in [-0.25, -0.2) is 0 Å². The fourth-order valence-electron chi connectivity index (χ4n) is 4.52. The number of methoxy groups -OCH3 is 1. The molecular weight excluding hydrogens is 236 g/mol. The standard InChI is InChI=1S/C17H18O2/c1-19-15-4-2-3-12-9-17(10-14(18)16(12)15)8-11-5-6-13(17)7-11/h2-6,11,13H,7-10H2,1H3. The molecular formula is C17H18O2. The lowest BCUT2D eigenvalue weighted by atomic mass is 9.64. The smallest absolute Gasteiger partial charge is 0.167 e. The number of carbonyl (C=O) groups is 1. The highest BCUT2D eigenvalue weighted by Gasteiger charge is 2.51. The summed E-state index contributed by atoms with van der Waals surface area (Å²) >= 11 is 0. The number of hydrogen-bond donors (Lipinski definition) is 0. The summed E-state index contributed by atoms with van der Waals surface area (Å²) in [6.45, 7) is 0. The summed E-state index contributed by atoms with van der Waals surface area (Å²) < 4.78 is 5.36. The molecule has 1 spiro atoms. The molecule has 0 radical (unpaired) electrons. The number of fused-ring (bicyclic) bond motifs is 4. The largest absolute Gasteiger partial charge is 0.496 e. The Kier molecular flexibility index (Phi) is 2.21. The van der Waals surface area contributed by atoms with Crippen LogP contribution in [0.5, 0.6) is 5.75 Å². The normalized spacial score (nSPS) is 34.9. The molecule has 3 aliphatic rings. The molecule has 0 N–H and O–H groups in total.